The average molecular weight is 276 g/mol. The van der Waals surface area contributed by atoms with E-state index in [1.807, 2.05) is 19.9 Å². The van der Waals surface area contributed by atoms with Crippen LogP contribution in [0.2, 0.25) is 0 Å². The molecule has 0 aromatic carbocycles. The zero-order valence-electron chi connectivity index (χ0n) is 11.0. The summed E-state index contributed by atoms with van der Waals surface area (Å²) in [5, 5.41) is 4.03. The van der Waals surface area contributed by atoms with Gasteiger partial charge in [-0.2, -0.15) is 0 Å². The molecular formula is C14H16N2O2S. The third-order valence-corrected chi connectivity index (χ3v) is 4.54. The number of rotatable bonds is 2. The summed E-state index contributed by atoms with van der Waals surface area (Å²) in [7, 11) is 0. The first kappa shape index (κ1) is 12.4. The number of aryl methyl sites for hydroxylation is 3. The van der Waals surface area contributed by atoms with Gasteiger partial charge in [0.25, 0.3) is 5.91 Å². The van der Waals surface area contributed by atoms with Crippen molar-refractivity contribution in [2.75, 3.05) is 0 Å². The number of hydrogen-bond donors (Lipinski definition) is 1. The average Bonchev–Trinajstić information content (AvgIpc) is 2.96. The molecule has 19 heavy (non-hydrogen) atoms. The Morgan fingerprint density at radius 2 is 2.37 bits per heavy atom. The van der Waals surface area contributed by atoms with Gasteiger partial charge >= 0.3 is 0 Å². The maximum atomic E-state index is 12.3. The van der Waals surface area contributed by atoms with Gasteiger partial charge in [0.15, 0.2) is 0 Å². The second-order valence-electron chi connectivity index (χ2n) is 4.86. The molecule has 1 aliphatic rings. The van der Waals surface area contributed by atoms with Crippen LogP contribution in [-0.2, 0) is 6.42 Å². The van der Waals surface area contributed by atoms with Gasteiger partial charge in [0.2, 0.25) is 0 Å². The first-order chi connectivity index (χ1) is 9.15. The molecule has 4 nitrogen and oxygen atoms in total. The number of nitrogens with one attached hydrogen (secondary N) is 1. The van der Waals surface area contributed by atoms with Gasteiger partial charge in [-0.3, -0.25) is 4.79 Å². The fourth-order valence-corrected chi connectivity index (χ4v) is 3.43. The molecule has 0 aliphatic heterocycles. The minimum absolute atomic E-state index is 0.0258. The molecule has 100 valence electrons. The van der Waals surface area contributed by atoms with E-state index in [1.54, 1.807) is 6.26 Å². The molecule has 0 saturated heterocycles. The van der Waals surface area contributed by atoms with Gasteiger partial charge in [0.1, 0.15) is 10.6 Å². The lowest BCUT2D eigenvalue weighted by atomic mass is 9.93. The molecule has 0 bridgehead atoms. The molecular weight excluding hydrogens is 260 g/mol. The largest absolute Gasteiger partial charge is 0.469 e. The summed E-state index contributed by atoms with van der Waals surface area (Å²) in [6.45, 7) is 3.80. The van der Waals surface area contributed by atoms with Crippen LogP contribution in [-0.4, -0.2) is 10.9 Å². The maximum Gasteiger partial charge on any atom is 0.263 e. The minimum atomic E-state index is -0.0258. The van der Waals surface area contributed by atoms with Crippen LogP contribution in [0.4, 0.5) is 0 Å². The van der Waals surface area contributed by atoms with E-state index in [0.717, 1.165) is 41.3 Å². The van der Waals surface area contributed by atoms with Gasteiger partial charge < -0.3 is 9.73 Å². The van der Waals surface area contributed by atoms with Crippen LogP contribution in [0.15, 0.2) is 16.7 Å². The lowest BCUT2D eigenvalue weighted by molar-refractivity contribution is 0.0935. The third-order valence-electron chi connectivity index (χ3n) is 3.47. The van der Waals surface area contributed by atoms with Crippen molar-refractivity contribution in [1.82, 2.24) is 10.3 Å². The second kappa shape index (κ2) is 4.81. The quantitative estimate of drug-likeness (QED) is 0.916. The van der Waals surface area contributed by atoms with E-state index in [2.05, 4.69) is 10.3 Å². The van der Waals surface area contributed by atoms with Crippen molar-refractivity contribution in [1.29, 1.82) is 0 Å². The van der Waals surface area contributed by atoms with Gasteiger partial charge in [-0.15, -0.1) is 11.3 Å². The molecule has 1 unspecified atom stereocenters. The van der Waals surface area contributed by atoms with Crippen LogP contribution in [0, 0.1) is 13.8 Å². The standard InChI is InChI=1S/C14H16N2O2S/c1-8-13(19-9(2)15-8)14(17)16-11-4-3-5-12-10(11)6-7-18-12/h6-7,11H,3-5H2,1-2H3,(H,16,17). The summed E-state index contributed by atoms with van der Waals surface area (Å²) in [6.07, 6.45) is 4.69. The Morgan fingerprint density at radius 1 is 1.53 bits per heavy atom. The van der Waals surface area contributed by atoms with E-state index in [9.17, 15) is 4.79 Å². The van der Waals surface area contributed by atoms with Crippen LogP contribution in [0.25, 0.3) is 0 Å². The molecule has 1 amide bonds. The predicted octanol–water partition coefficient (Wildman–Crippen LogP) is 3.16. The molecule has 1 N–H and O–H groups in total. The van der Waals surface area contributed by atoms with E-state index in [1.165, 1.54) is 11.3 Å². The van der Waals surface area contributed by atoms with E-state index < -0.39 is 0 Å². The predicted molar refractivity (Wildman–Crippen MR) is 73.4 cm³/mol. The van der Waals surface area contributed by atoms with Crippen LogP contribution < -0.4 is 5.32 Å². The lowest BCUT2D eigenvalue weighted by Gasteiger charge is -2.22. The summed E-state index contributed by atoms with van der Waals surface area (Å²) in [5.74, 6) is 0.982. The Bertz CT molecular complexity index is 615. The number of hydrogen-bond acceptors (Lipinski definition) is 4. The van der Waals surface area contributed by atoms with Gasteiger partial charge in [-0.25, -0.2) is 4.98 Å². The number of aromatic nitrogens is 1. The Balaban J connectivity index is 1.80. The third kappa shape index (κ3) is 2.30. The highest BCUT2D eigenvalue weighted by Crippen LogP contribution is 2.31. The van der Waals surface area contributed by atoms with Gasteiger partial charge in [0.05, 0.1) is 23.0 Å². The fourth-order valence-electron chi connectivity index (χ4n) is 2.60. The zero-order chi connectivity index (χ0) is 13.4. The van der Waals surface area contributed by atoms with Crippen molar-refractivity contribution in [3.05, 3.63) is 39.2 Å². The summed E-state index contributed by atoms with van der Waals surface area (Å²) >= 11 is 1.45. The number of fused-ring (bicyclic) bond motifs is 1. The molecule has 0 saturated carbocycles. The molecule has 2 aromatic heterocycles. The topological polar surface area (TPSA) is 55.1 Å². The first-order valence-electron chi connectivity index (χ1n) is 6.46. The van der Waals surface area contributed by atoms with Crippen molar-refractivity contribution < 1.29 is 9.21 Å². The highest BCUT2D eigenvalue weighted by molar-refractivity contribution is 7.13. The summed E-state index contributed by atoms with van der Waals surface area (Å²) in [4.78, 5) is 17.3. The van der Waals surface area contributed by atoms with Crippen molar-refractivity contribution in [2.45, 2.75) is 39.2 Å². The number of furan rings is 1. The molecule has 0 radical (unpaired) electrons. The van der Waals surface area contributed by atoms with Gasteiger partial charge in [0, 0.05) is 12.0 Å². The molecule has 3 rings (SSSR count). The number of carbonyl (C=O) groups is 1. The van der Waals surface area contributed by atoms with Crippen LogP contribution in [0.1, 0.15) is 50.6 Å². The Kier molecular flexibility index (Phi) is 3.14. The Labute approximate surface area is 115 Å². The molecule has 5 heteroatoms. The summed E-state index contributed by atoms with van der Waals surface area (Å²) in [6, 6.07) is 2.03. The van der Waals surface area contributed by atoms with Crippen molar-refractivity contribution in [3.63, 3.8) is 0 Å². The molecule has 0 spiro atoms. The number of thiazole rings is 1. The van der Waals surface area contributed by atoms with Crippen LogP contribution in [0.3, 0.4) is 0 Å². The van der Waals surface area contributed by atoms with E-state index in [4.69, 9.17) is 4.42 Å². The van der Waals surface area contributed by atoms with Crippen molar-refractivity contribution in [2.24, 2.45) is 0 Å². The highest BCUT2D eigenvalue weighted by Gasteiger charge is 2.25. The molecule has 0 fully saturated rings. The normalized spacial score (nSPS) is 18.1. The Morgan fingerprint density at radius 3 is 3.11 bits per heavy atom. The van der Waals surface area contributed by atoms with E-state index >= 15 is 0 Å². The smallest absolute Gasteiger partial charge is 0.263 e. The maximum absolute atomic E-state index is 12.3. The van der Waals surface area contributed by atoms with Crippen molar-refractivity contribution >= 4 is 17.2 Å². The Hall–Kier alpha value is -1.62. The summed E-state index contributed by atoms with van der Waals surface area (Å²) < 4.78 is 5.44. The summed E-state index contributed by atoms with van der Waals surface area (Å²) in [5.41, 5.74) is 1.93. The lowest BCUT2D eigenvalue weighted by Crippen LogP contribution is -2.30. The molecule has 1 aliphatic carbocycles. The molecule has 2 heterocycles. The van der Waals surface area contributed by atoms with Crippen LogP contribution in [0.5, 0.6) is 0 Å². The number of amides is 1. The monoisotopic (exact) mass is 276 g/mol. The molecule has 1 atom stereocenters. The zero-order valence-corrected chi connectivity index (χ0v) is 11.8. The number of carbonyl (C=O) groups excluding carboxylic acids is 1. The van der Waals surface area contributed by atoms with Crippen molar-refractivity contribution in [3.8, 4) is 0 Å². The number of nitrogens with zero attached hydrogens (tertiary/aromatic N) is 1. The van der Waals surface area contributed by atoms with Gasteiger partial charge in [-0.05, 0) is 32.8 Å². The second-order valence-corrected chi connectivity index (χ2v) is 6.07. The van der Waals surface area contributed by atoms with E-state index in [0.29, 0.717) is 4.88 Å². The first-order valence-corrected chi connectivity index (χ1v) is 7.28. The minimum Gasteiger partial charge on any atom is -0.469 e. The van der Waals surface area contributed by atoms with E-state index in [-0.39, 0.29) is 11.9 Å². The van der Waals surface area contributed by atoms with Gasteiger partial charge in [-0.1, -0.05) is 0 Å². The van der Waals surface area contributed by atoms with Crippen LogP contribution >= 0.6 is 11.3 Å². The SMILES string of the molecule is Cc1nc(C)c(C(=O)NC2CCCc3occc32)s1. The molecule has 2 aromatic rings. The fraction of sp³-hybridized carbons (Fsp3) is 0.429. The highest BCUT2D eigenvalue weighted by atomic mass is 32.1.